The number of ether oxygens (including phenoxy) is 2. The topological polar surface area (TPSA) is 139 Å². The number of amides is 2. The Bertz CT molecular complexity index is 1110. The third kappa shape index (κ3) is 7.07. The first kappa shape index (κ1) is 26.7. The minimum absolute atomic E-state index is 0.168. The lowest BCUT2D eigenvalue weighted by Gasteiger charge is -2.23. The van der Waals surface area contributed by atoms with Gasteiger partial charge in [-0.3, -0.25) is 19.2 Å². The first-order valence-electron chi connectivity index (χ1n) is 11.8. The van der Waals surface area contributed by atoms with Crippen molar-refractivity contribution in [2.45, 2.75) is 25.7 Å². The predicted molar refractivity (Wildman–Crippen MR) is 135 cm³/mol. The van der Waals surface area contributed by atoms with Crippen LogP contribution in [0.25, 0.3) is 0 Å². The maximum atomic E-state index is 13.4. The zero-order chi connectivity index (χ0) is 25.9. The standard InChI is InChI=1S/C28H30N2O6/c29-23(31)9-3-5-15-35-17-13-19-11-12-20(14-18-36-16-6-4-10-24(30)32)26-25(19)27(33)21-7-1-2-8-22(21)28(26)34/h1-4,7-12H,5-6,13-18H2,(H2,29,31)(H2,30,32). The lowest BCUT2D eigenvalue weighted by molar-refractivity contribution is -0.114. The van der Waals surface area contributed by atoms with Crippen LogP contribution in [-0.2, 0) is 31.9 Å². The lowest BCUT2D eigenvalue weighted by Crippen LogP contribution is -2.25. The third-order valence-corrected chi connectivity index (χ3v) is 5.70. The molecule has 2 aromatic rings. The van der Waals surface area contributed by atoms with Crippen LogP contribution in [0.3, 0.4) is 0 Å². The third-order valence-electron chi connectivity index (χ3n) is 5.70. The van der Waals surface area contributed by atoms with Crippen LogP contribution in [0.15, 0.2) is 60.7 Å². The number of benzene rings is 2. The SMILES string of the molecule is NC(=O)C=CCCOCCc1ccc(CCOCCC=CC(N)=O)c2c1C(=O)c1ccccc1C2=O. The maximum absolute atomic E-state index is 13.4. The number of ketones is 2. The second-order valence-corrected chi connectivity index (χ2v) is 8.25. The van der Waals surface area contributed by atoms with Crippen molar-refractivity contribution >= 4 is 23.4 Å². The van der Waals surface area contributed by atoms with Gasteiger partial charge in [-0.1, -0.05) is 48.6 Å². The number of primary amides is 2. The van der Waals surface area contributed by atoms with E-state index in [-0.39, 0.29) is 11.6 Å². The Balaban J connectivity index is 1.73. The van der Waals surface area contributed by atoms with Crippen molar-refractivity contribution in [2.24, 2.45) is 11.5 Å². The molecule has 2 aromatic carbocycles. The van der Waals surface area contributed by atoms with Gasteiger partial charge in [0.05, 0.1) is 26.4 Å². The number of hydrogen-bond acceptors (Lipinski definition) is 6. The van der Waals surface area contributed by atoms with Crippen molar-refractivity contribution < 1.29 is 28.7 Å². The van der Waals surface area contributed by atoms with Crippen LogP contribution in [0.2, 0.25) is 0 Å². The average molecular weight is 491 g/mol. The van der Waals surface area contributed by atoms with E-state index in [0.29, 0.717) is 74.4 Å². The summed E-state index contributed by atoms with van der Waals surface area (Å²) >= 11 is 0. The van der Waals surface area contributed by atoms with Crippen molar-refractivity contribution in [1.29, 1.82) is 0 Å². The Morgan fingerprint density at radius 3 is 1.47 bits per heavy atom. The van der Waals surface area contributed by atoms with E-state index in [4.69, 9.17) is 20.9 Å². The highest BCUT2D eigenvalue weighted by molar-refractivity contribution is 6.29. The number of rotatable bonds is 14. The van der Waals surface area contributed by atoms with E-state index in [1.165, 1.54) is 12.2 Å². The number of carbonyl (C=O) groups excluding carboxylic acids is 4. The first-order chi connectivity index (χ1) is 17.4. The van der Waals surface area contributed by atoms with Crippen LogP contribution < -0.4 is 11.5 Å². The van der Waals surface area contributed by atoms with Crippen LogP contribution in [0.4, 0.5) is 0 Å². The summed E-state index contributed by atoms with van der Waals surface area (Å²) < 4.78 is 11.3. The van der Waals surface area contributed by atoms with E-state index in [1.807, 2.05) is 12.1 Å². The number of nitrogens with two attached hydrogens (primary N) is 2. The van der Waals surface area contributed by atoms with Gasteiger partial charge in [0.2, 0.25) is 11.8 Å². The second-order valence-electron chi connectivity index (χ2n) is 8.25. The number of carbonyl (C=O) groups is 4. The highest BCUT2D eigenvalue weighted by Gasteiger charge is 2.33. The highest BCUT2D eigenvalue weighted by atomic mass is 16.5. The molecule has 0 bridgehead atoms. The Morgan fingerprint density at radius 1 is 0.667 bits per heavy atom. The molecule has 0 unspecified atom stereocenters. The quantitative estimate of drug-likeness (QED) is 0.263. The van der Waals surface area contributed by atoms with Gasteiger partial charge in [-0.15, -0.1) is 0 Å². The molecule has 8 heteroatoms. The van der Waals surface area contributed by atoms with E-state index < -0.39 is 11.8 Å². The molecule has 188 valence electrons. The minimum atomic E-state index is -0.504. The second kappa shape index (κ2) is 13.3. The molecule has 0 spiro atoms. The van der Waals surface area contributed by atoms with Gasteiger partial charge in [-0.05, 0) is 49.0 Å². The summed E-state index contributed by atoms with van der Waals surface area (Å²) in [7, 11) is 0. The Labute approximate surface area is 209 Å². The Morgan fingerprint density at radius 2 is 1.08 bits per heavy atom. The zero-order valence-corrected chi connectivity index (χ0v) is 20.0. The molecule has 0 saturated heterocycles. The minimum Gasteiger partial charge on any atom is -0.381 e. The monoisotopic (exact) mass is 490 g/mol. The zero-order valence-electron chi connectivity index (χ0n) is 20.0. The van der Waals surface area contributed by atoms with Gasteiger partial charge in [-0.25, -0.2) is 0 Å². The summed E-state index contributed by atoms with van der Waals surface area (Å²) in [6, 6.07) is 10.6. The lowest BCUT2D eigenvalue weighted by atomic mass is 9.78. The molecule has 36 heavy (non-hydrogen) atoms. The van der Waals surface area contributed by atoms with Gasteiger partial charge in [0, 0.05) is 22.3 Å². The van der Waals surface area contributed by atoms with Crippen molar-refractivity contribution in [3.8, 4) is 0 Å². The summed E-state index contributed by atoms with van der Waals surface area (Å²) in [6.45, 7) is 1.54. The van der Waals surface area contributed by atoms with Crippen LogP contribution in [0.1, 0.15) is 55.8 Å². The van der Waals surface area contributed by atoms with Gasteiger partial charge in [0.1, 0.15) is 0 Å². The largest absolute Gasteiger partial charge is 0.381 e. The van der Waals surface area contributed by atoms with Gasteiger partial charge in [0.15, 0.2) is 11.6 Å². The number of fused-ring (bicyclic) bond motifs is 2. The fourth-order valence-electron chi connectivity index (χ4n) is 4.04. The molecular formula is C28H30N2O6. The van der Waals surface area contributed by atoms with Crippen LogP contribution in [0.5, 0.6) is 0 Å². The molecule has 3 rings (SSSR count). The van der Waals surface area contributed by atoms with E-state index in [9.17, 15) is 19.2 Å². The summed E-state index contributed by atoms with van der Waals surface area (Å²) in [5.41, 5.74) is 13.3. The highest BCUT2D eigenvalue weighted by Crippen LogP contribution is 2.32. The van der Waals surface area contributed by atoms with Gasteiger partial charge in [0.25, 0.3) is 0 Å². The van der Waals surface area contributed by atoms with Gasteiger partial charge >= 0.3 is 0 Å². The summed E-state index contributed by atoms with van der Waals surface area (Å²) in [6.07, 6.45) is 7.90. The van der Waals surface area contributed by atoms with Crippen LogP contribution in [0, 0.1) is 0 Å². The molecule has 0 atom stereocenters. The molecule has 8 nitrogen and oxygen atoms in total. The normalized spacial score (nSPS) is 12.8. The Hall–Kier alpha value is -3.88. The van der Waals surface area contributed by atoms with E-state index >= 15 is 0 Å². The molecular weight excluding hydrogens is 460 g/mol. The summed E-state index contributed by atoms with van der Waals surface area (Å²) in [5, 5.41) is 0. The smallest absolute Gasteiger partial charge is 0.241 e. The summed E-state index contributed by atoms with van der Waals surface area (Å²) in [4.78, 5) is 48.4. The molecule has 4 N–H and O–H groups in total. The van der Waals surface area contributed by atoms with Crippen LogP contribution >= 0.6 is 0 Å². The molecule has 0 fully saturated rings. The molecule has 0 saturated carbocycles. The van der Waals surface area contributed by atoms with Crippen molar-refractivity contribution in [3.63, 3.8) is 0 Å². The molecule has 1 aliphatic carbocycles. The van der Waals surface area contributed by atoms with Crippen LogP contribution in [-0.4, -0.2) is 49.8 Å². The van der Waals surface area contributed by atoms with E-state index in [1.54, 1.807) is 36.4 Å². The molecule has 0 radical (unpaired) electrons. The fourth-order valence-corrected chi connectivity index (χ4v) is 4.04. The molecule has 2 amide bonds. The van der Waals surface area contributed by atoms with Crippen molar-refractivity contribution in [2.75, 3.05) is 26.4 Å². The van der Waals surface area contributed by atoms with Gasteiger partial charge in [-0.2, -0.15) is 0 Å². The molecule has 0 heterocycles. The van der Waals surface area contributed by atoms with Crippen molar-refractivity contribution in [3.05, 3.63) is 94.1 Å². The maximum Gasteiger partial charge on any atom is 0.241 e. The van der Waals surface area contributed by atoms with E-state index in [2.05, 4.69) is 0 Å². The summed E-state index contributed by atoms with van der Waals surface area (Å²) in [5.74, 6) is -1.34. The molecule has 0 aliphatic heterocycles. The average Bonchev–Trinajstić information content (AvgIpc) is 2.86. The predicted octanol–water partition coefficient (Wildman–Crippen LogP) is 2.44. The van der Waals surface area contributed by atoms with Crippen molar-refractivity contribution in [1.82, 2.24) is 0 Å². The molecule has 1 aliphatic rings. The number of hydrogen-bond donors (Lipinski definition) is 2. The van der Waals surface area contributed by atoms with E-state index in [0.717, 1.165) is 11.1 Å². The molecule has 0 aromatic heterocycles. The first-order valence-corrected chi connectivity index (χ1v) is 11.8. The van der Waals surface area contributed by atoms with Gasteiger partial charge < -0.3 is 20.9 Å². The fraction of sp³-hybridized carbons (Fsp3) is 0.286. The Kier molecular flexibility index (Phi) is 9.85.